The van der Waals surface area contributed by atoms with Gasteiger partial charge in [0.2, 0.25) is 5.78 Å². The maximum atomic E-state index is 12.6. The fourth-order valence-electron chi connectivity index (χ4n) is 2.52. The summed E-state index contributed by atoms with van der Waals surface area (Å²) in [5.41, 5.74) is 4.67. The number of para-hydroxylation sites is 1. The normalized spacial score (nSPS) is 10.9. The fourth-order valence-corrected chi connectivity index (χ4v) is 2.52. The Balaban J connectivity index is 2.10. The van der Waals surface area contributed by atoms with Crippen molar-refractivity contribution in [3.05, 3.63) is 70.5 Å². The minimum atomic E-state index is -0.0573. The molecule has 0 radical (unpaired) electrons. The molecule has 100 valence electrons. The third-order valence-corrected chi connectivity index (χ3v) is 3.59. The van der Waals surface area contributed by atoms with Gasteiger partial charge in [-0.15, -0.1) is 0 Å². The van der Waals surface area contributed by atoms with Crippen molar-refractivity contribution >= 4 is 16.8 Å². The summed E-state index contributed by atoms with van der Waals surface area (Å²) < 4.78 is 5.75. The molecule has 2 aromatic carbocycles. The average molecular weight is 264 g/mol. The number of fused-ring (bicyclic) bond motifs is 1. The van der Waals surface area contributed by atoms with Crippen LogP contribution in [0.5, 0.6) is 0 Å². The van der Waals surface area contributed by atoms with Crippen LogP contribution in [-0.2, 0) is 0 Å². The highest BCUT2D eigenvalue weighted by Crippen LogP contribution is 2.25. The lowest BCUT2D eigenvalue weighted by Gasteiger charge is -2.03. The van der Waals surface area contributed by atoms with Crippen LogP contribution in [0.4, 0.5) is 0 Å². The van der Waals surface area contributed by atoms with Gasteiger partial charge in [-0.3, -0.25) is 4.79 Å². The highest BCUT2D eigenvalue weighted by Gasteiger charge is 2.17. The van der Waals surface area contributed by atoms with E-state index in [1.54, 1.807) is 0 Å². The molecule has 0 amide bonds. The number of benzene rings is 2. The van der Waals surface area contributed by atoms with Crippen LogP contribution >= 0.6 is 0 Å². The van der Waals surface area contributed by atoms with Crippen LogP contribution in [0.25, 0.3) is 11.0 Å². The number of carbonyl (C=O) groups excluding carboxylic acids is 1. The van der Waals surface area contributed by atoms with Crippen molar-refractivity contribution in [1.82, 2.24) is 0 Å². The summed E-state index contributed by atoms with van der Waals surface area (Å²) in [6, 6.07) is 13.6. The predicted molar refractivity (Wildman–Crippen MR) is 80.3 cm³/mol. The van der Waals surface area contributed by atoms with Gasteiger partial charge in [-0.1, -0.05) is 42.0 Å². The Hall–Kier alpha value is -2.35. The molecule has 0 aliphatic rings. The van der Waals surface area contributed by atoms with E-state index in [1.807, 2.05) is 63.2 Å². The van der Waals surface area contributed by atoms with Crippen molar-refractivity contribution in [2.24, 2.45) is 0 Å². The molecule has 0 N–H and O–H groups in total. The molecule has 1 heterocycles. The molecule has 0 fully saturated rings. The number of furan rings is 1. The SMILES string of the molecule is Cc1ccc(C(=O)c2cc3cccc(C)c3o2)c(C)c1. The van der Waals surface area contributed by atoms with Gasteiger partial charge in [0, 0.05) is 10.9 Å². The van der Waals surface area contributed by atoms with Gasteiger partial charge in [0.1, 0.15) is 5.58 Å². The molecular weight excluding hydrogens is 248 g/mol. The van der Waals surface area contributed by atoms with Crippen molar-refractivity contribution < 1.29 is 9.21 Å². The second-order valence-electron chi connectivity index (χ2n) is 5.25. The summed E-state index contributed by atoms with van der Waals surface area (Å²) in [7, 11) is 0. The minimum Gasteiger partial charge on any atom is -0.452 e. The Kier molecular flexibility index (Phi) is 2.94. The highest BCUT2D eigenvalue weighted by molar-refractivity contribution is 6.10. The van der Waals surface area contributed by atoms with Crippen molar-refractivity contribution in [1.29, 1.82) is 0 Å². The van der Waals surface area contributed by atoms with Crippen molar-refractivity contribution in [2.45, 2.75) is 20.8 Å². The lowest BCUT2D eigenvalue weighted by molar-refractivity contribution is 0.101. The smallest absolute Gasteiger partial charge is 0.228 e. The number of rotatable bonds is 2. The molecule has 0 bridgehead atoms. The van der Waals surface area contributed by atoms with Crippen LogP contribution in [0.1, 0.15) is 32.8 Å². The maximum absolute atomic E-state index is 12.6. The summed E-state index contributed by atoms with van der Waals surface area (Å²) in [6.45, 7) is 5.96. The summed E-state index contributed by atoms with van der Waals surface area (Å²) in [4.78, 5) is 12.6. The Labute approximate surface area is 118 Å². The van der Waals surface area contributed by atoms with Crippen LogP contribution in [0.15, 0.2) is 46.9 Å². The highest BCUT2D eigenvalue weighted by atomic mass is 16.3. The van der Waals surface area contributed by atoms with Gasteiger partial charge < -0.3 is 4.42 Å². The zero-order valence-electron chi connectivity index (χ0n) is 11.9. The molecule has 0 aliphatic carbocycles. The second kappa shape index (κ2) is 4.64. The number of hydrogen-bond acceptors (Lipinski definition) is 2. The van der Waals surface area contributed by atoms with E-state index in [9.17, 15) is 4.79 Å². The first-order valence-electron chi connectivity index (χ1n) is 6.67. The topological polar surface area (TPSA) is 30.2 Å². The maximum Gasteiger partial charge on any atom is 0.228 e. The summed E-state index contributed by atoms with van der Waals surface area (Å²) in [5.74, 6) is 0.347. The first-order valence-corrected chi connectivity index (χ1v) is 6.67. The molecule has 0 atom stereocenters. The van der Waals surface area contributed by atoms with Gasteiger partial charge in [0.05, 0.1) is 0 Å². The van der Waals surface area contributed by atoms with Gasteiger partial charge in [-0.05, 0) is 38.0 Å². The minimum absolute atomic E-state index is 0.0573. The molecule has 0 spiro atoms. The van der Waals surface area contributed by atoms with E-state index in [1.165, 1.54) is 0 Å². The van der Waals surface area contributed by atoms with E-state index in [0.717, 1.165) is 27.7 Å². The molecule has 3 aromatic rings. The lowest BCUT2D eigenvalue weighted by atomic mass is 10.0. The Bertz CT molecular complexity index is 809. The lowest BCUT2D eigenvalue weighted by Crippen LogP contribution is -2.02. The third-order valence-electron chi connectivity index (χ3n) is 3.59. The van der Waals surface area contributed by atoms with Gasteiger partial charge in [0.25, 0.3) is 0 Å². The average Bonchev–Trinajstić information content (AvgIpc) is 2.83. The van der Waals surface area contributed by atoms with Crippen LogP contribution < -0.4 is 0 Å². The van der Waals surface area contributed by atoms with Crippen molar-refractivity contribution in [3.63, 3.8) is 0 Å². The summed E-state index contributed by atoms with van der Waals surface area (Å²) in [5, 5.41) is 0.970. The number of ketones is 1. The van der Waals surface area contributed by atoms with Crippen LogP contribution in [-0.4, -0.2) is 5.78 Å². The molecule has 1 aromatic heterocycles. The standard InChI is InChI=1S/C18H16O2/c1-11-7-8-15(13(3)9-11)17(19)16-10-14-6-4-5-12(2)18(14)20-16/h4-10H,1-3H3. The number of carbonyl (C=O) groups is 1. The van der Waals surface area contributed by atoms with Gasteiger partial charge >= 0.3 is 0 Å². The second-order valence-corrected chi connectivity index (χ2v) is 5.25. The summed E-state index contributed by atoms with van der Waals surface area (Å²) in [6.07, 6.45) is 0. The first kappa shape index (κ1) is 12.7. The van der Waals surface area contributed by atoms with E-state index in [2.05, 4.69) is 0 Å². The van der Waals surface area contributed by atoms with Crippen LogP contribution in [0.2, 0.25) is 0 Å². The quantitative estimate of drug-likeness (QED) is 0.634. The molecule has 0 aliphatic heterocycles. The zero-order valence-corrected chi connectivity index (χ0v) is 11.9. The molecule has 0 unspecified atom stereocenters. The Morgan fingerprint density at radius 3 is 2.45 bits per heavy atom. The van der Waals surface area contributed by atoms with Gasteiger partial charge in [-0.2, -0.15) is 0 Å². The molecule has 3 rings (SSSR count). The Morgan fingerprint density at radius 1 is 0.950 bits per heavy atom. The Morgan fingerprint density at radius 2 is 1.75 bits per heavy atom. The van der Waals surface area contributed by atoms with Crippen LogP contribution in [0.3, 0.4) is 0 Å². The molecular formula is C18H16O2. The van der Waals surface area contributed by atoms with E-state index >= 15 is 0 Å². The van der Waals surface area contributed by atoms with Gasteiger partial charge in [-0.25, -0.2) is 0 Å². The van der Waals surface area contributed by atoms with E-state index in [-0.39, 0.29) is 5.78 Å². The monoisotopic (exact) mass is 264 g/mol. The van der Waals surface area contributed by atoms with Gasteiger partial charge in [0.15, 0.2) is 5.76 Å². The zero-order chi connectivity index (χ0) is 14.3. The predicted octanol–water partition coefficient (Wildman–Crippen LogP) is 4.59. The molecule has 2 nitrogen and oxygen atoms in total. The van der Waals surface area contributed by atoms with E-state index in [4.69, 9.17) is 4.42 Å². The van der Waals surface area contributed by atoms with Crippen molar-refractivity contribution in [3.8, 4) is 0 Å². The van der Waals surface area contributed by atoms with Crippen molar-refractivity contribution in [2.75, 3.05) is 0 Å². The van der Waals surface area contributed by atoms with E-state index < -0.39 is 0 Å². The number of aryl methyl sites for hydroxylation is 3. The van der Waals surface area contributed by atoms with E-state index in [0.29, 0.717) is 11.3 Å². The molecule has 2 heteroatoms. The molecule has 20 heavy (non-hydrogen) atoms. The summed E-state index contributed by atoms with van der Waals surface area (Å²) >= 11 is 0. The third kappa shape index (κ3) is 2.03. The van der Waals surface area contributed by atoms with Crippen LogP contribution in [0, 0.1) is 20.8 Å². The fraction of sp³-hybridized carbons (Fsp3) is 0.167. The molecule has 0 saturated heterocycles. The first-order chi connectivity index (χ1) is 9.56. The largest absolute Gasteiger partial charge is 0.452 e. The molecule has 0 saturated carbocycles. The number of hydrogen-bond donors (Lipinski definition) is 0.